The molecule has 2 fully saturated rings. The van der Waals surface area contributed by atoms with Crippen LogP contribution in [0.5, 0.6) is 0 Å². The lowest BCUT2D eigenvalue weighted by Crippen LogP contribution is -2.52. The summed E-state index contributed by atoms with van der Waals surface area (Å²) < 4.78 is 5.73. The van der Waals surface area contributed by atoms with Crippen molar-refractivity contribution in [3.05, 3.63) is 22.6 Å². The Morgan fingerprint density at radius 1 is 1.37 bits per heavy atom. The molecule has 2 aliphatic heterocycles. The first-order valence-electron chi connectivity index (χ1n) is 7.05. The minimum Gasteiger partial charge on any atom is -0.457 e. The molecule has 2 aliphatic rings. The van der Waals surface area contributed by atoms with Crippen LogP contribution in [0.15, 0.2) is 21.4 Å². The fourth-order valence-corrected chi connectivity index (χ4v) is 3.68. The summed E-state index contributed by atoms with van der Waals surface area (Å²) in [5.74, 6) is 0.0963. The molecule has 3 heterocycles. The van der Waals surface area contributed by atoms with E-state index in [0.29, 0.717) is 22.3 Å². The van der Waals surface area contributed by atoms with Gasteiger partial charge in [0.2, 0.25) is 0 Å². The average molecular weight is 327 g/mol. The van der Waals surface area contributed by atoms with E-state index in [9.17, 15) is 4.79 Å². The van der Waals surface area contributed by atoms with Gasteiger partial charge in [0.1, 0.15) is 0 Å². The van der Waals surface area contributed by atoms with E-state index >= 15 is 0 Å². The van der Waals surface area contributed by atoms with E-state index in [1.165, 1.54) is 19.3 Å². The molecular weight excluding hydrogens is 308 g/mol. The highest BCUT2D eigenvalue weighted by molar-refractivity contribution is 9.10. The molecule has 0 bridgehead atoms. The Balaban J connectivity index is 1.80. The Morgan fingerprint density at radius 3 is 2.95 bits per heavy atom. The maximum atomic E-state index is 12.7. The highest BCUT2D eigenvalue weighted by Gasteiger charge is 2.35. The van der Waals surface area contributed by atoms with E-state index < -0.39 is 0 Å². The van der Waals surface area contributed by atoms with Gasteiger partial charge in [-0.2, -0.15) is 0 Å². The zero-order valence-electron chi connectivity index (χ0n) is 10.9. The molecule has 2 atom stereocenters. The first-order chi connectivity index (χ1) is 9.27. The van der Waals surface area contributed by atoms with Crippen molar-refractivity contribution in [1.82, 2.24) is 10.2 Å². The molecule has 0 saturated carbocycles. The number of rotatable bonds is 2. The molecule has 0 aliphatic carbocycles. The standard InChI is InChI=1S/C14H19BrN2O2/c15-13-10(6-9-19-13)14(18)17-8-2-1-5-12(17)11-4-3-7-16-11/h6,9,11-12,16H,1-5,7-8H2. The summed E-state index contributed by atoms with van der Waals surface area (Å²) in [6.45, 7) is 1.94. The fraction of sp³-hybridized carbons (Fsp3) is 0.643. The summed E-state index contributed by atoms with van der Waals surface area (Å²) in [6.07, 6.45) is 7.40. The maximum Gasteiger partial charge on any atom is 0.258 e. The van der Waals surface area contributed by atoms with Crippen molar-refractivity contribution in [3.8, 4) is 0 Å². The largest absolute Gasteiger partial charge is 0.457 e. The van der Waals surface area contributed by atoms with Crippen molar-refractivity contribution in [2.24, 2.45) is 0 Å². The second-order valence-electron chi connectivity index (χ2n) is 5.37. The van der Waals surface area contributed by atoms with Gasteiger partial charge in [-0.15, -0.1) is 0 Å². The van der Waals surface area contributed by atoms with Crippen LogP contribution in [0.2, 0.25) is 0 Å². The molecule has 0 aromatic carbocycles. The van der Waals surface area contributed by atoms with Crippen molar-refractivity contribution in [1.29, 1.82) is 0 Å². The number of furan rings is 1. The molecule has 1 N–H and O–H groups in total. The summed E-state index contributed by atoms with van der Waals surface area (Å²) in [7, 11) is 0. The van der Waals surface area contributed by atoms with Gasteiger partial charge in [0, 0.05) is 18.6 Å². The Morgan fingerprint density at radius 2 is 2.26 bits per heavy atom. The van der Waals surface area contributed by atoms with E-state index in [2.05, 4.69) is 21.2 Å². The molecule has 0 spiro atoms. The molecule has 1 aromatic heterocycles. The number of piperidine rings is 1. The molecule has 4 nitrogen and oxygen atoms in total. The predicted octanol–water partition coefficient (Wildman–Crippen LogP) is 2.79. The van der Waals surface area contributed by atoms with E-state index in [1.54, 1.807) is 12.3 Å². The number of hydrogen-bond donors (Lipinski definition) is 1. The van der Waals surface area contributed by atoms with Gasteiger partial charge >= 0.3 is 0 Å². The lowest BCUT2D eigenvalue weighted by molar-refractivity contribution is 0.0561. The van der Waals surface area contributed by atoms with Crippen LogP contribution in [-0.4, -0.2) is 36.0 Å². The van der Waals surface area contributed by atoms with E-state index in [1.807, 2.05) is 4.90 Å². The van der Waals surface area contributed by atoms with Gasteiger partial charge in [-0.1, -0.05) is 0 Å². The van der Waals surface area contributed by atoms with Crippen molar-refractivity contribution in [2.75, 3.05) is 13.1 Å². The van der Waals surface area contributed by atoms with Crippen LogP contribution in [0.4, 0.5) is 0 Å². The maximum absolute atomic E-state index is 12.7. The molecule has 104 valence electrons. The number of carbonyl (C=O) groups excluding carboxylic acids is 1. The number of amides is 1. The molecular formula is C14H19BrN2O2. The number of nitrogens with one attached hydrogen (secondary N) is 1. The van der Waals surface area contributed by atoms with Crippen LogP contribution in [0.3, 0.4) is 0 Å². The molecule has 2 saturated heterocycles. The molecule has 2 unspecified atom stereocenters. The zero-order chi connectivity index (χ0) is 13.2. The fourth-order valence-electron chi connectivity index (χ4n) is 3.27. The van der Waals surface area contributed by atoms with Crippen LogP contribution in [0, 0.1) is 0 Å². The summed E-state index contributed by atoms with van der Waals surface area (Å²) in [4.78, 5) is 14.7. The lowest BCUT2D eigenvalue weighted by Gasteiger charge is -2.39. The van der Waals surface area contributed by atoms with Crippen molar-refractivity contribution >= 4 is 21.8 Å². The third-order valence-electron chi connectivity index (χ3n) is 4.22. The van der Waals surface area contributed by atoms with E-state index in [4.69, 9.17) is 4.42 Å². The van der Waals surface area contributed by atoms with Crippen molar-refractivity contribution < 1.29 is 9.21 Å². The van der Waals surface area contributed by atoms with Gasteiger partial charge in [0.25, 0.3) is 5.91 Å². The molecule has 5 heteroatoms. The summed E-state index contributed by atoms with van der Waals surface area (Å²) in [6, 6.07) is 2.56. The molecule has 1 amide bonds. The number of hydrogen-bond acceptors (Lipinski definition) is 3. The van der Waals surface area contributed by atoms with Crippen LogP contribution in [-0.2, 0) is 0 Å². The molecule has 1 aromatic rings. The number of nitrogens with zero attached hydrogens (tertiary/aromatic N) is 1. The minimum atomic E-state index is 0.0963. The monoisotopic (exact) mass is 326 g/mol. The molecule has 19 heavy (non-hydrogen) atoms. The summed E-state index contributed by atoms with van der Waals surface area (Å²) >= 11 is 3.31. The normalized spacial score (nSPS) is 27.7. The van der Waals surface area contributed by atoms with Crippen LogP contribution in [0.1, 0.15) is 42.5 Å². The highest BCUT2D eigenvalue weighted by atomic mass is 79.9. The zero-order valence-corrected chi connectivity index (χ0v) is 12.5. The Kier molecular flexibility index (Phi) is 3.93. The molecule has 0 radical (unpaired) electrons. The number of carbonyl (C=O) groups is 1. The van der Waals surface area contributed by atoms with Gasteiger partial charge < -0.3 is 14.6 Å². The summed E-state index contributed by atoms with van der Waals surface area (Å²) in [5.41, 5.74) is 0.643. The van der Waals surface area contributed by atoms with Gasteiger partial charge in [0.15, 0.2) is 4.67 Å². The minimum absolute atomic E-state index is 0.0963. The number of likely N-dealkylation sites (tertiary alicyclic amines) is 1. The lowest BCUT2D eigenvalue weighted by atomic mass is 9.94. The third-order valence-corrected chi connectivity index (χ3v) is 4.84. The van der Waals surface area contributed by atoms with E-state index in [0.717, 1.165) is 25.9 Å². The van der Waals surface area contributed by atoms with Crippen molar-refractivity contribution in [2.45, 2.75) is 44.2 Å². The third kappa shape index (κ3) is 2.58. The number of halogens is 1. The van der Waals surface area contributed by atoms with Gasteiger partial charge in [-0.3, -0.25) is 4.79 Å². The van der Waals surface area contributed by atoms with Gasteiger partial charge in [-0.25, -0.2) is 0 Å². The van der Waals surface area contributed by atoms with Crippen LogP contribution < -0.4 is 5.32 Å². The Bertz CT molecular complexity index is 454. The average Bonchev–Trinajstić information content (AvgIpc) is 3.09. The quantitative estimate of drug-likeness (QED) is 0.908. The van der Waals surface area contributed by atoms with Crippen LogP contribution in [0.25, 0.3) is 0 Å². The molecule has 3 rings (SSSR count). The van der Waals surface area contributed by atoms with Crippen molar-refractivity contribution in [3.63, 3.8) is 0 Å². The van der Waals surface area contributed by atoms with Crippen LogP contribution >= 0.6 is 15.9 Å². The Hall–Kier alpha value is -0.810. The first kappa shape index (κ1) is 13.2. The SMILES string of the molecule is O=C(c1ccoc1Br)N1CCCCC1C1CCCN1. The highest BCUT2D eigenvalue weighted by Crippen LogP contribution is 2.28. The van der Waals surface area contributed by atoms with E-state index in [-0.39, 0.29) is 5.91 Å². The second kappa shape index (κ2) is 5.67. The predicted molar refractivity (Wildman–Crippen MR) is 76.1 cm³/mol. The van der Waals surface area contributed by atoms with Gasteiger partial charge in [0.05, 0.1) is 11.8 Å². The summed E-state index contributed by atoms with van der Waals surface area (Å²) in [5, 5.41) is 3.54. The van der Waals surface area contributed by atoms with Gasteiger partial charge in [-0.05, 0) is 60.6 Å². The smallest absolute Gasteiger partial charge is 0.258 e. The second-order valence-corrected chi connectivity index (χ2v) is 6.09. The Labute approximate surface area is 121 Å². The topological polar surface area (TPSA) is 45.5 Å². The first-order valence-corrected chi connectivity index (χ1v) is 7.84.